The second-order valence-electron chi connectivity index (χ2n) is 5.12. The fourth-order valence-electron chi connectivity index (χ4n) is 2.20. The van der Waals surface area contributed by atoms with Crippen LogP contribution in [0.3, 0.4) is 0 Å². The van der Waals surface area contributed by atoms with Gasteiger partial charge in [0.05, 0.1) is 12.7 Å². The molecule has 5 heteroatoms. The van der Waals surface area contributed by atoms with E-state index in [1.54, 1.807) is 12.1 Å². The standard InChI is InChI=1S/C19H17N3O2/c1-24-18-11-10-14(13-20-18)19(23)22-17-9-5-8-16(12-17)21-15-6-3-2-4-7-15/h2-13,21H,1H3,(H,22,23). The number of methoxy groups -OCH3 is 1. The Hall–Kier alpha value is -3.34. The average Bonchev–Trinajstić information content (AvgIpc) is 2.63. The molecule has 0 unspecified atom stereocenters. The van der Waals surface area contributed by atoms with Gasteiger partial charge >= 0.3 is 0 Å². The zero-order chi connectivity index (χ0) is 16.8. The monoisotopic (exact) mass is 319 g/mol. The van der Waals surface area contributed by atoms with Crippen molar-refractivity contribution in [1.29, 1.82) is 0 Å². The van der Waals surface area contributed by atoms with Crippen molar-refractivity contribution >= 4 is 23.0 Å². The van der Waals surface area contributed by atoms with Crippen molar-refractivity contribution in [3.05, 3.63) is 78.5 Å². The summed E-state index contributed by atoms with van der Waals surface area (Å²) >= 11 is 0. The number of ether oxygens (including phenoxy) is 1. The smallest absolute Gasteiger partial charge is 0.257 e. The van der Waals surface area contributed by atoms with Crippen LogP contribution in [-0.4, -0.2) is 18.0 Å². The number of amides is 1. The lowest BCUT2D eigenvalue weighted by molar-refractivity contribution is 0.102. The summed E-state index contributed by atoms with van der Waals surface area (Å²) in [5.41, 5.74) is 3.06. The Labute approximate surface area is 140 Å². The summed E-state index contributed by atoms with van der Waals surface area (Å²) in [7, 11) is 1.54. The number of anilines is 3. The molecule has 3 rings (SSSR count). The van der Waals surface area contributed by atoms with Crippen LogP contribution < -0.4 is 15.4 Å². The quantitative estimate of drug-likeness (QED) is 0.743. The zero-order valence-corrected chi connectivity index (χ0v) is 13.2. The average molecular weight is 319 g/mol. The third kappa shape index (κ3) is 3.89. The molecular weight excluding hydrogens is 302 g/mol. The van der Waals surface area contributed by atoms with Gasteiger partial charge in [-0.25, -0.2) is 4.98 Å². The molecule has 1 aromatic heterocycles. The maximum Gasteiger partial charge on any atom is 0.257 e. The van der Waals surface area contributed by atoms with E-state index in [-0.39, 0.29) is 5.91 Å². The van der Waals surface area contributed by atoms with Gasteiger partial charge in [0.25, 0.3) is 5.91 Å². The van der Waals surface area contributed by atoms with E-state index in [1.807, 2.05) is 54.6 Å². The molecule has 3 aromatic rings. The SMILES string of the molecule is COc1ccc(C(=O)Nc2cccc(Nc3ccccc3)c2)cn1. The number of benzene rings is 2. The van der Waals surface area contributed by atoms with Crippen LogP contribution >= 0.6 is 0 Å². The lowest BCUT2D eigenvalue weighted by Crippen LogP contribution is -2.12. The normalized spacial score (nSPS) is 10.0. The Bertz CT molecular complexity index is 818. The van der Waals surface area contributed by atoms with Gasteiger partial charge in [-0.2, -0.15) is 0 Å². The fourth-order valence-corrected chi connectivity index (χ4v) is 2.20. The molecule has 2 aromatic carbocycles. The third-order valence-electron chi connectivity index (χ3n) is 3.39. The number of carbonyl (C=O) groups excluding carboxylic acids is 1. The summed E-state index contributed by atoms with van der Waals surface area (Å²) in [6, 6.07) is 20.7. The largest absolute Gasteiger partial charge is 0.481 e. The first-order chi connectivity index (χ1) is 11.7. The van der Waals surface area contributed by atoms with Gasteiger partial charge in [-0.05, 0) is 36.4 Å². The second-order valence-corrected chi connectivity index (χ2v) is 5.12. The predicted molar refractivity (Wildman–Crippen MR) is 94.9 cm³/mol. The van der Waals surface area contributed by atoms with E-state index in [4.69, 9.17) is 4.74 Å². The topological polar surface area (TPSA) is 63.2 Å². The van der Waals surface area contributed by atoms with Crippen molar-refractivity contribution in [3.8, 4) is 5.88 Å². The molecule has 0 fully saturated rings. The summed E-state index contributed by atoms with van der Waals surface area (Å²) in [6.45, 7) is 0. The highest BCUT2D eigenvalue weighted by Gasteiger charge is 2.07. The molecule has 0 spiro atoms. The molecule has 0 atom stereocenters. The lowest BCUT2D eigenvalue weighted by Gasteiger charge is -2.10. The van der Waals surface area contributed by atoms with E-state index in [0.717, 1.165) is 11.4 Å². The number of nitrogens with one attached hydrogen (secondary N) is 2. The number of hydrogen-bond donors (Lipinski definition) is 2. The molecule has 1 heterocycles. The lowest BCUT2D eigenvalue weighted by atomic mass is 10.2. The van der Waals surface area contributed by atoms with E-state index in [1.165, 1.54) is 13.3 Å². The highest BCUT2D eigenvalue weighted by Crippen LogP contribution is 2.20. The minimum atomic E-state index is -0.220. The van der Waals surface area contributed by atoms with Crippen LogP contribution in [-0.2, 0) is 0 Å². The molecule has 0 aliphatic heterocycles. The predicted octanol–water partition coefficient (Wildman–Crippen LogP) is 4.09. The molecule has 0 saturated heterocycles. The Morgan fingerprint density at radius 3 is 2.38 bits per heavy atom. The van der Waals surface area contributed by atoms with Crippen LogP contribution in [0.4, 0.5) is 17.1 Å². The van der Waals surface area contributed by atoms with Crippen molar-refractivity contribution in [2.45, 2.75) is 0 Å². The summed E-state index contributed by atoms with van der Waals surface area (Å²) in [6.07, 6.45) is 1.49. The third-order valence-corrected chi connectivity index (χ3v) is 3.39. The Morgan fingerprint density at radius 1 is 0.917 bits per heavy atom. The van der Waals surface area contributed by atoms with Gasteiger partial charge in [0, 0.05) is 29.3 Å². The Kier molecular flexibility index (Phi) is 4.72. The number of nitrogens with zero attached hydrogens (tertiary/aromatic N) is 1. The van der Waals surface area contributed by atoms with Gasteiger partial charge in [-0.1, -0.05) is 24.3 Å². The van der Waals surface area contributed by atoms with Gasteiger partial charge < -0.3 is 15.4 Å². The van der Waals surface area contributed by atoms with Crippen molar-refractivity contribution < 1.29 is 9.53 Å². The first kappa shape index (κ1) is 15.6. The molecule has 0 bridgehead atoms. The van der Waals surface area contributed by atoms with E-state index in [2.05, 4.69) is 15.6 Å². The van der Waals surface area contributed by atoms with Crippen molar-refractivity contribution in [2.75, 3.05) is 17.7 Å². The molecule has 1 amide bonds. The zero-order valence-electron chi connectivity index (χ0n) is 13.2. The number of para-hydroxylation sites is 1. The molecule has 120 valence electrons. The molecule has 2 N–H and O–H groups in total. The first-order valence-corrected chi connectivity index (χ1v) is 7.48. The number of hydrogen-bond acceptors (Lipinski definition) is 4. The molecule has 24 heavy (non-hydrogen) atoms. The molecule has 0 aliphatic rings. The van der Waals surface area contributed by atoms with E-state index in [0.29, 0.717) is 17.1 Å². The summed E-state index contributed by atoms with van der Waals surface area (Å²) in [4.78, 5) is 16.3. The Balaban J connectivity index is 1.70. The first-order valence-electron chi connectivity index (χ1n) is 7.48. The highest BCUT2D eigenvalue weighted by atomic mass is 16.5. The maximum atomic E-state index is 12.3. The summed E-state index contributed by atoms with van der Waals surface area (Å²) in [5.74, 6) is 0.252. The fraction of sp³-hybridized carbons (Fsp3) is 0.0526. The van der Waals surface area contributed by atoms with Crippen LogP contribution in [0.15, 0.2) is 72.9 Å². The van der Waals surface area contributed by atoms with Crippen molar-refractivity contribution in [2.24, 2.45) is 0 Å². The van der Waals surface area contributed by atoms with Gasteiger partial charge in [0.2, 0.25) is 5.88 Å². The highest BCUT2D eigenvalue weighted by molar-refractivity contribution is 6.04. The van der Waals surface area contributed by atoms with Crippen LogP contribution in [0.25, 0.3) is 0 Å². The molecule has 0 aliphatic carbocycles. The molecule has 0 saturated carbocycles. The van der Waals surface area contributed by atoms with Gasteiger partial charge in [-0.3, -0.25) is 4.79 Å². The molecule has 0 radical (unpaired) electrons. The minimum absolute atomic E-state index is 0.220. The number of carbonyl (C=O) groups is 1. The number of rotatable bonds is 5. The van der Waals surface area contributed by atoms with E-state index >= 15 is 0 Å². The number of aromatic nitrogens is 1. The molecule has 5 nitrogen and oxygen atoms in total. The van der Waals surface area contributed by atoms with E-state index in [9.17, 15) is 4.79 Å². The van der Waals surface area contributed by atoms with Crippen molar-refractivity contribution in [3.63, 3.8) is 0 Å². The molecular formula is C19H17N3O2. The van der Waals surface area contributed by atoms with Crippen LogP contribution in [0, 0.1) is 0 Å². The van der Waals surface area contributed by atoms with Gasteiger partial charge in [0.15, 0.2) is 0 Å². The van der Waals surface area contributed by atoms with Crippen molar-refractivity contribution in [1.82, 2.24) is 4.98 Å². The minimum Gasteiger partial charge on any atom is -0.481 e. The Morgan fingerprint density at radius 2 is 1.67 bits per heavy atom. The van der Waals surface area contributed by atoms with Crippen LogP contribution in [0.1, 0.15) is 10.4 Å². The van der Waals surface area contributed by atoms with Crippen LogP contribution in [0.2, 0.25) is 0 Å². The van der Waals surface area contributed by atoms with Crippen LogP contribution in [0.5, 0.6) is 5.88 Å². The van der Waals surface area contributed by atoms with Gasteiger partial charge in [-0.15, -0.1) is 0 Å². The second kappa shape index (κ2) is 7.28. The summed E-state index contributed by atoms with van der Waals surface area (Å²) < 4.78 is 4.99. The maximum absolute atomic E-state index is 12.3. The number of pyridine rings is 1. The van der Waals surface area contributed by atoms with E-state index < -0.39 is 0 Å². The van der Waals surface area contributed by atoms with Gasteiger partial charge in [0.1, 0.15) is 0 Å². The summed E-state index contributed by atoms with van der Waals surface area (Å²) in [5, 5.41) is 6.15.